The van der Waals surface area contributed by atoms with E-state index in [1.165, 1.54) is 18.2 Å². The van der Waals surface area contributed by atoms with Gasteiger partial charge in [0.25, 0.3) is 0 Å². The van der Waals surface area contributed by atoms with Gasteiger partial charge in [0.1, 0.15) is 17.3 Å². The van der Waals surface area contributed by atoms with E-state index >= 15 is 0 Å². The molecule has 0 aliphatic carbocycles. The normalized spacial score (nSPS) is 10.2. The number of nitrogens with one attached hydrogen (secondary N) is 2. The first-order valence-electron chi connectivity index (χ1n) is 6.11. The van der Waals surface area contributed by atoms with Gasteiger partial charge in [0, 0.05) is 6.54 Å². The van der Waals surface area contributed by atoms with E-state index in [0.717, 1.165) is 11.1 Å². The highest BCUT2D eigenvalue weighted by molar-refractivity contribution is 7.80. The second-order valence-corrected chi connectivity index (χ2v) is 4.74. The van der Waals surface area contributed by atoms with Crippen molar-refractivity contribution in [2.75, 3.05) is 5.32 Å². The Kier molecular flexibility index (Phi) is 4.63. The lowest BCUT2D eigenvalue weighted by Crippen LogP contribution is -2.29. The van der Waals surface area contributed by atoms with Crippen LogP contribution < -0.4 is 10.6 Å². The van der Waals surface area contributed by atoms with Crippen molar-refractivity contribution in [2.45, 2.75) is 13.5 Å². The average Bonchev–Trinajstić information content (AvgIpc) is 2.42. The van der Waals surface area contributed by atoms with Gasteiger partial charge in [-0.2, -0.15) is 0 Å². The minimum absolute atomic E-state index is 0.178. The zero-order chi connectivity index (χ0) is 14.5. The highest BCUT2D eigenvalue weighted by atomic mass is 32.1. The van der Waals surface area contributed by atoms with E-state index in [0.29, 0.717) is 6.54 Å². The Morgan fingerprint density at radius 1 is 1.05 bits per heavy atom. The molecule has 2 rings (SSSR count). The molecule has 0 unspecified atom stereocenters. The van der Waals surface area contributed by atoms with Crippen LogP contribution in [0.5, 0.6) is 0 Å². The Bertz CT molecular complexity index is 609. The fourth-order valence-corrected chi connectivity index (χ4v) is 1.93. The lowest BCUT2D eigenvalue weighted by Gasteiger charge is -2.12. The average molecular weight is 292 g/mol. The van der Waals surface area contributed by atoms with Gasteiger partial charge in [-0.05, 0) is 42.4 Å². The van der Waals surface area contributed by atoms with Crippen LogP contribution >= 0.6 is 12.2 Å². The Balaban J connectivity index is 1.98. The second kappa shape index (κ2) is 6.43. The van der Waals surface area contributed by atoms with Crippen LogP contribution in [0.3, 0.4) is 0 Å². The molecule has 5 heteroatoms. The molecule has 0 radical (unpaired) electrons. The topological polar surface area (TPSA) is 24.1 Å². The lowest BCUT2D eigenvalue weighted by atomic mass is 10.1. The van der Waals surface area contributed by atoms with Crippen LogP contribution in [0.25, 0.3) is 0 Å². The largest absolute Gasteiger partial charge is 0.358 e. The number of thiocarbonyl (C=S) groups is 1. The maximum atomic E-state index is 13.4. The van der Waals surface area contributed by atoms with E-state index in [2.05, 4.69) is 10.6 Å². The summed E-state index contributed by atoms with van der Waals surface area (Å²) in [6.07, 6.45) is 0. The van der Waals surface area contributed by atoms with E-state index in [-0.39, 0.29) is 10.8 Å². The quantitative estimate of drug-likeness (QED) is 0.842. The Morgan fingerprint density at radius 3 is 2.35 bits per heavy atom. The third kappa shape index (κ3) is 3.51. The van der Waals surface area contributed by atoms with Crippen molar-refractivity contribution in [1.82, 2.24) is 5.32 Å². The fourth-order valence-electron chi connectivity index (χ4n) is 1.76. The summed E-state index contributed by atoms with van der Waals surface area (Å²) in [5.41, 5.74) is 1.96. The second-order valence-electron chi connectivity index (χ2n) is 4.33. The molecule has 0 atom stereocenters. The number of hydrogen-bond donors (Lipinski definition) is 2. The number of anilines is 1. The number of para-hydroxylation sites is 1. The maximum Gasteiger partial charge on any atom is 0.171 e. The van der Waals surface area contributed by atoms with Crippen molar-refractivity contribution in [3.63, 3.8) is 0 Å². The standard InChI is InChI=1S/C15H14F2N2S/c1-10-5-2-3-6-11(10)9-18-15(20)19-14-12(16)7-4-8-13(14)17/h2-8H,9H2,1H3,(H2,18,19,20). The molecule has 0 amide bonds. The smallest absolute Gasteiger partial charge is 0.171 e. The third-order valence-corrected chi connectivity index (χ3v) is 3.15. The molecule has 2 N–H and O–H groups in total. The molecule has 0 saturated heterocycles. The highest BCUT2D eigenvalue weighted by Crippen LogP contribution is 2.17. The molecular weight excluding hydrogens is 278 g/mol. The lowest BCUT2D eigenvalue weighted by molar-refractivity contribution is 0.591. The van der Waals surface area contributed by atoms with Gasteiger partial charge in [-0.15, -0.1) is 0 Å². The summed E-state index contributed by atoms with van der Waals surface area (Å²) in [6.45, 7) is 2.48. The van der Waals surface area contributed by atoms with Crippen molar-refractivity contribution in [2.24, 2.45) is 0 Å². The van der Waals surface area contributed by atoms with Crippen molar-refractivity contribution < 1.29 is 8.78 Å². The Hall–Kier alpha value is -2.01. The van der Waals surface area contributed by atoms with Gasteiger partial charge >= 0.3 is 0 Å². The van der Waals surface area contributed by atoms with Crippen molar-refractivity contribution in [1.29, 1.82) is 0 Å². The molecule has 0 aliphatic rings. The monoisotopic (exact) mass is 292 g/mol. The van der Waals surface area contributed by atoms with Crippen LogP contribution in [0.1, 0.15) is 11.1 Å². The zero-order valence-electron chi connectivity index (χ0n) is 10.9. The van der Waals surface area contributed by atoms with Crippen molar-refractivity contribution >= 4 is 23.0 Å². The number of halogens is 2. The molecule has 0 aromatic heterocycles. The molecule has 2 nitrogen and oxygen atoms in total. The van der Waals surface area contributed by atoms with E-state index in [1.807, 2.05) is 31.2 Å². The molecule has 0 fully saturated rings. The van der Waals surface area contributed by atoms with Crippen molar-refractivity contribution in [3.05, 3.63) is 65.2 Å². The van der Waals surface area contributed by atoms with Crippen LogP contribution in [0.4, 0.5) is 14.5 Å². The summed E-state index contributed by atoms with van der Waals surface area (Å²) >= 11 is 5.04. The molecule has 0 aliphatic heterocycles. The number of aryl methyl sites for hydroxylation is 1. The number of rotatable bonds is 3. The minimum atomic E-state index is -0.676. The molecule has 104 valence electrons. The summed E-state index contributed by atoms with van der Waals surface area (Å²) in [6, 6.07) is 11.5. The van der Waals surface area contributed by atoms with Crippen LogP contribution in [-0.4, -0.2) is 5.11 Å². The first-order valence-corrected chi connectivity index (χ1v) is 6.52. The molecule has 2 aromatic carbocycles. The van der Waals surface area contributed by atoms with Gasteiger partial charge in [-0.25, -0.2) is 8.78 Å². The summed E-state index contributed by atoms with van der Waals surface area (Å²) < 4.78 is 26.9. The fraction of sp³-hybridized carbons (Fsp3) is 0.133. The maximum absolute atomic E-state index is 13.4. The zero-order valence-corrected chi connectivity index (χ0v) is 11.7. The molecular formula is C15H14F2N2S. The van der Waals surface area contributed by atoms with Gasteiger partial charge in [0.05, 0.1) is 0 Å². The summed E-state index contributed by atoms with van der Waals surface area (Å²) in [4.78, 5) is 0. The van der Waals surface area contributed by atoms with Gasteiger partial charge < -0.3 is 10.6 Å². The number of hydrogen-bond acceptors (Lipinski definition) is 1. The van der Waals surface area contributed by atoms with Crippen molar-refractivity contribution in [3.8, 4) is 0 Å². The van der Waals surface area contributed by atoms with E-state index in [1.54, 1.807) is 0 Å². The summed E-state index contributed by atoms with van der Waals surface area (Å²) in [5, 5.41) is 5.65. The van der Waals surface area contributed by atoms with Crippen LogP contribution in [0, 0.1) is 18.6 Å². The first-order chi connectivity index (χ1) is 9.58. The predicted octanol–water partition coefficient (Wildman–Crippen LogP) is 3.76. The Morgan fingerprint density at radius 2 is 1.70 bits per heavy atom. The van der Waals surface area contributed by atoms with Crippen LogP contribution in [-0.2, 0) is 6.54 Å². The van der Waals surface area contributed by atoms with Crippen LogP contribution in [0.2, 0.25) is 0 Å². The SMILES string of the molecule is Cc1ccccc1CNC(=S)Nc1c(F)cccc1F. The van der Waals surface area contributed by atoms with Gasteiger partial charge in [0.15, 0.2) is 5.11 Å². The van der Waals surface area contributed by atoms with E-state index in [9.17, 15) is 8.78 Å². The Labute approximate surface area is 121 Å². The predicted molar refractivity (Wildman–Crippen MR) is 80.6 cm³/mol. The first kappa shape index (κ1) is 14.4. The molecule has 0 bridgehead atoms. The summed E-state index contributed by atoms with van der Waals surface area (Å²) in [5.74, 6) is -1.35. The van der Waals surface area contributed by atoms with E-state index < -0.39 is 11.6 Å². The molecule has 20 heavy (non-hydrogen) atoms. The van der Waals surface area contributed by atoms with Gasteiger partial charge in [-0.1, -0.05) is 30.3 Å². The molecule has 0 heterocycles. The van der Waals surface area contributed by atoms with Crippen LogP contribution in [0.15, 0.2) is 42.5 Å². The van der Waals surface area contributed by atoms with E-state index in [4.69, 9.17) is 12.2 Å². The minimum Gasteiger partial charge on any atom is -0.358 e. The number of benzene rings is 2. The molecule has 0 saturated carbocycles. The molecule has 0 spiro atoms. The summed E-state index contributed by atoms with van der Waals surface area (Å²) in [7, 11) is 0. The third-order valence-electron chi connectivity index (χ3n) is 2.90. The van der Waals surface area contributed by atoms with Gasteiger partial charge in [-0.3, -0.25) is 0 Å². The highest BCUT2D eigenvalue weighted by Gasteiger charge is 2.09. The van der Waals surface area contributed by atoms with Gasteiger partial charge in [0.2, 0.25) is 0 Å². The molecule has 2 aromatic rings.